The Kier molecular flexibility index (Phi) is 18.3. The quantitative estimate of drug-likeness (QED) is 0.200. The summed E-state index contributed by atoms with van der Waals surface area (Å²) in [6.45, 7) is 4.42. The Hall–Kier alpha value is -1.20. The largest absolute Gasteiger partial charge is 2.00 e. The first-order valence-corrected chi connectivity index (χ1v) is 11.5. The van der Waals surface area contributed by atoms with Gasteiger partial charge in [-0.2, -0.15) is 5.56 Å². The average Bonchev–Trinajstić information content (AvgIpc) is 3.61. The molecule has 4 rings (SSSR count). The smallest absolute Gasteiger partial charge is 0.313 e. The minimum absolute atomic E-state index is 0. The van der Waals surface area contributed by atoms with E-state index in [0.29, 0.717) is 0 Å². The first kappa shape index (κ1) is 29.8. The van der Waals surface area contributed by atoms with E-state index in [2.05, 4.69) is 80.6 Å². The molecule has 0 nitrogen and oxygen atoms in total. The molecular formula is C32H34Zr. The fourth-order valence-electron chi connectivity index (χ4n) is 3.06. The molecule has 0 unspecified atom stereocenters. The molecule has 0 amide bonds. The van der Waals surface area contributed by atoms with Gasteiger partial charge >= 0.3 is 26.2 Å². The standard InChI is InChI=1S/C22H24.2C5H5.Zr/c1-3-5-15-20(12-4-2)22(21-16-10-7-11-17-21)18-19-13-8-6-9-14-19;2*1-2-4-5-3-1;/h6-11,13-14,16-17H,3-5,12H2,1-2H3;2*1-5H;/q-2;;;+2. The number of benzene rings is 2. The molecule has 0 bridgehead atoms. The zero-order chi connectivity index (χ0) is 22.7. The Bertz CT molecular complexity index is 724. The molecule has 166 valence electrons. The molecule has 0 N–H and O–H groups in total. The van der Waals surface area contributed by atoms with Crippen LogP contribution in [0.15, 0.2) is 66.2 Å². The van der Waals surface area contributed by atoms with Gasteiger partial charge in [-0.1, -0.05) is 69.5 Å². The first-order chi connectivity index (χ1) is 15.8. The fraction of sp³-hybridized carbons (Fsp3) is 0.188. The average molecular weight is 510 g/mol. The van der Waals surface area contributed by atoms with E-state index in [-0.39, 0.29) is 26.2 Å². The third kappa shape index (κ3) is 13.3. The van der Waals surface area contributed by atoms with Gasteiger partial charge in [0.05, 0.1) is 0 Å². The molecule has 0 atom stereocenters. The minimum Gasteiger partial charge on any atom is -0.313 e. The molecule has 2 aromatic rings. The molecule has 0 heterocycles. The van der Waals surface area contributed by atoms with E-state index < -0.39 is 0 Å². The predicted octanol–water partition coefficient (Wildman–Crippen LogP) is 8.29. The number of unbranched alkanes of at least 4 members (excludes halogenated alkanes) is 1. The van der Waals surface area contributed by atoms with Crippen molar-refractivity contribution in [3.8, 4) is 0 Å². The maximum Gasteiger partial charge on any atom is 2.00 e. The summed E-state index contributed by atoms with van der Waals surface area (Å²) < 4.78 is 0. The van der Waals surface area contributed by atoms with Gasteiger partial charge in [-0.25, -0.2) is 6.08 Å². The third-order valence-corrected chi connectivity index (χ3v) is 4.61. The molecule has 0 aliphatic heterocycles. The van der Waals surface area contributed by atoms with Gasteiger partial charge in [-0.15, -0.1) is 36.2 Å². The molecule has 1 heteroatoms. The summed E-state index contributed by atoms with van der Waals surface area (Å²) in [6, 6.07) is 20.9. The normalized spacial score (nSPS) is 15.6. The molecule has 10 radical (unpaired) electrons. The van der Waals surface area contributed by atoms with Crippen LogP contribution in [0.5, 0.6) is 0 Å². The van der Waals surface area contributed by atoms with Crippen LogP contribution in [0.2, 0.25) is 0 Å². The van der Waals surface area contributed by atoms with E-state index in [4.69, 9.17) is 0 Å². The Morgan fingerprint density at radius 2 is 1.06 bits per heavy atom. The summed E-state index contributed by atoms with van der Waals surface area (Å²) in [5, 5.41) is 0. The number of hydrogen-bond acceptors (Lipinski definition) is 0. The van der Waals surface area contributed by atoms with Gasteiger partial charge in [0.2, 0.25) is 0 Å². The van der Waals surface area contributed by atoms with Gasteiger partial charge in [-0.05, 0) is 64.2 Å². The topological polar surface area (TPSA) is 0 Å². The van der Waals surface area contributed by atoms with Crippen LogP contribution >= 0.6 is 0 Å². The van der Waals surface area contributed by atoms with Gasteiger partial charge in [0.15, 0.2) is 0 Å². The van der Waals surface area contributed by atoms with Crippen LogP contribution in [0, 0.1) is 76.4 Å². The Morgan fingerprint density at radius 1 is 0.606 bits per heavy atom. The molecular weight excluding hydrogens is 476 g/mol. The van der Waals surface area contributed by atoms with E-state index in [1.165, 1.54) is 16.7 Å². The first-order valence-electron chi connectivity index (χ1n) is 11.5. The molecule has 0 spiro atoms. The summed E-state index contributed by atoms with van der Waals surface area (Å²) in [7, 11) is 0. The summed E-state index contributed by atoms with van der Waals surface area (Å²) in [6.07, 6.45) is 31.5. The predicted molar refractivity (Wildman–Crippen MR) is 138 cm³/mol. The second kappa shape index (κ2) is 20.2. The van der Waals surface area contributed by atoms with Gasteiger partial charge in [0.1, 0.15) is 0 Å². The summed E-state index contributed by atoms with van der Waals surface area (Å²) >= 11 is 0. The second-order valence-corrected chi connectivity index (χ2v) is 7.31. The van der Waals surface area contributed by atoms with Crippen LogP contribution in [0.3, 0.4) is 0 Å². The van der Waals surface area contributed by atoms with Gasteiger partial charge < -0.3 is 6.08 Å². The maximum atomic E-state index is 3.61. The molecule has 2 saturated carbocycles. The van der Waals surface area contributed by atoms with E-state index in [0.717, 1.165) is 31.2 Å². The number of hydrogen-bond donors (Lipinski definition) is 0. The summed E-state index contributed by atoms with van der Waals surface area (Å²) in [5.41, 5.74) is 4.81. The van der Waals surface area contributed by atoms with E-state index >= 15 is 0 Å². The Morgan fingerprint density at radius 3 is 1.48 bits per heavy atom. The van der Waals surface area contributed by atoms with Crippen molar-refractivity contribution in [3.63, 3.8) is 0 Å². The van der Waals surface area contributed by atoms with E-state index in [1.807, 2.05) is 70.3 Å². The molecule has 0 saturated heterocycles. The van der Waals surface area contributed by atoms with Crippen LogP contribution in [0.1, 0.15) is 50.7 Å². The zero-order valence-electron chi connectivity index (χ0n) is 19.9. The maximum absolute atomic E-state index is 3.61. The van der Waals surface area contributed by atoms with Gasteiger partial charge in [-0.3, -0.25) is 11.1 Å². The van der Waals surface area contributed by atoms with Crippen LogP contribution in [0.25, 0.3) is 5.57 Å². The van der Waals surface area contributed by atoms with Crippen molar-refractivity contribution in [2.75, 3.05) is 0 Å². The van der Waals surface area contributed by atoms with E-state index in [1.54, 1.807) is 0 Å². The molecule has 2 aliphatic rings. The van der Waals surface area contributed by atoms with Crippen molar-refractivity contribution in [1.29, 1.82) is 0 Å². The van der Waals surface area contributed by atoms with Crippen LogP contribution in [0.4, 0.5) is 0 Å². The molecule has 0 aromatic heterocycles. The SMILES string of the molecule is CCC[C-]=C(CCC)C(=[C-]c1ccccc1)c1ccccc1.[CH]1[CH][CH][CH][CH]1.[CH]1[CH][CH][CH][CH]1.[Zr+2]. The van der Waals surface area contributed by atoms with Gasteiger partial charge in [0, 0.05) is 0 Å². The Labute approximate surface area is 224 Å². The van der Waals surface area contributed by atoms with Crippen LogP contribution < -0.4 is 0 Å². The molecule has 2 fully saturated rings. The van der Waals surface area contributed by atoms with Crippen molar-refractivity contribution in [2.24, 2.45) is 0 Å². The Balaban J connectivity index is 0.000000404. The fourth-order valence-corrected chi connectivity index (χ4v) is 3.06. The second-order valence-electron chi connectivity index (χ2n) is 7.31. The number of allylic oxidation sites excluding steroid dienone is 3. The van der Waals surface area contributed by atoms with Crippen molar-refractivity contribution in [2.45, 2.75) is 39.5 Å². The zero-order valence-corrected chi connectivity index (χ0v) is 22.3. The third-order valence-electron chi connectivity index (χ3n) is 4.61. The molecule has 33 heavy (non-hydrogen) atoms. The summed E-state index contributed by atoms with van der Waals surface area (Å²) in [5.74, 6) is 0. The minimum atomic E-state index is 0. The van der Waals surface area contributed by atoms with E-state index in [9.17, 15) is 0 Å². The van der Waals surface area contributed by atoms with Crippen molar-refractivity contribution in [1.82, 2.24) is 0 Å². The van der Waals surface area contributed by atoms with Crippen molar-refractivity contribution >= 4 is 5.57 Å². The molecule has 2 aromatic carbocycles. The monoisotopic (exact) mass is 508 g/mol. The summed E-state index contributed by atoms with van der Waals surface area (Å²) in [4.78, 5) is 0. The van der Waals surface area contributed by atoms with Crippen LogP contribution in [-0.4, -0.2) is 0 Å². The number of rotatable bonds is 7. The van der Waals surface area contributed by atoms with Gasteiger partial charge in [0.25, 0.3) is 0 Å². The van der Waals surface area contributed by atoms with Crippen molar-refractivity contribution < 1.29 is 26.2 Å². The van der Waals surface area contributed by atoms with Crippen LogP contribution in [-0.2, 0) is 26.2 Å². The molecule has 2 aliphatic carbocycles. The van der Waals surface area contributed by atoms with Crippen molar-refractivity contribution in [3.05, 3.63) is 154 Å².